The van der Waals surface area contributed by atoms with Gasteiger partial charge in [-0.25, -0.2) is 0 Å². The number of hydrogen-bond acceptors (Lipinski definition) is 5. The fourth-order valence-corrected chi connectivity index (χ4v) is 3.19. The first-order valence-corrected chi connectivity index (χ1v) is 7.87. The summed E-state index contributed by atoms with van der Waals surface area (Å²) in [5.74, 6) is 0. The predicted molar refractivity (Wildman–Crippen MR) is 84.2 cm³/mol. The van der Waals surface area contributed by atoms with Gasteiger partial charge in [0.05, 0.1) is 23.7 Å². The van der Waals surface area contributed by atoms with Gasteiger partial charge in [0.2, 0.25) is 0 Å². The van der Waals surface area contributed by atoms with Crippen molar-refractivity contribution in [3.63, 3.8) is 0 Å². The summed E-state index contributed by atoms with van der Waals surface area (Å²) in [5, 5.41) is 11.4. The second kappa shape index (κ2) is 7.31. The number of nitrogens with two attached hydrogens (primary N) is 1. The van der Waals surface area contributed by atoms with Crippen LogP contribution in [-0.2, 0) is 4.74 Å². The number of nitrogens with zero attached hydrogens (tertiary/aromatic N) is 2. The maximum Gasteiger partial charge on any atom is 0.275 e. The van der Waals surface area contributed by atoms with E-state index in [1.54, 1.807) is 12.1 Å². The minimum atomic E-state index is -0.341. The minimum Gasteiger partial charge on any atom is -0.374 e. The molecule has 1 heterocycles. The van der Waals surface area contributed by atoms with Crippen LogP contribution in [0.5, 0.6) is 0 Å². The Balaban J connectivity index is 2.45. The zero-order valence-corrected chi connectivity index (χ0v) is 13.6. The molecule has 0 aliphatic carbocycles. The Labute approximate surface area is 132 Å². The molecule has 0 bridgehead atoms. The molecule has 0 saturated carbocycles. The molecule has 116 valence electrons. The second-order valence-corrected chi connectivity index (χ2v) is 6.00. The quantitative estimate of drug-likeness (QED) is 0.646. The van der Waals surface area contributed by atoms with E-state index in [1.807, 2.05) is 6.07 Å². The van der Waals surface area contributed by atoms with E-state index >= 15 is 0 Å². The topological polar surface area (TPSA) is 81.6 Å². The predicted octanol–water partition coefficient (Wildman–Crippen LogP) is 2.47. The van der Waals surface area contributed by atoms with Crippen LogP contribution in [0.1, 0.15) is 24.9 Å². The first kappa shape index (κ1) is 16.4. The molecular weight excluding hydrogens is 338 g/mol. The number of morpholine rings is 1. The average Bonchev–Trinajstić information content (AvgIpc) is 2.47. The van der Waals surface area contributed by atoms with Gasteiger partial charge in [-0.2, -0.15) is 0 Å². The van der Waals surface area contributed by atoms with E-state index in [2.05, 4.69) is 27.8 Å². The molecule has 0 spiro atoms. The van der Waals surface area contributed by atoms with E-state index in [4.69, 9.17) is 10.5 Å². The maximum atomic E-state index is 11.4. The summed E-state index contributed by atoms with van der Waals surface area (Å²) < 4.78 is 6.43. The summed E-state index contributed by atoms with van der Waals surface area (Å²) in [5.41, 5.74) is 6.60. The minimum absolute atomic E-state index is 0.111. The van der Waals surface area contributed by atoms with Crippen molar-refractivity contribution < 1.29 is 9.66 Å². The van der Waals surface area contributed by atoms with Gasteiger partial charge < -0.3 is 10.5 Å². The van der Waals surface area contributed by atoms with Crippen LogP contribution in [0.15, 0.2) is 22.7 Å². The van der Waals surface area contributed by atoms with Crippen LogP contribution in [0.2, 0.25) is 0 Å². The molecule has 2 N–H and O–H groups in total. The van der Waals surface area contributed by atoms with E-state index < -0.39 is 0 Å². The summed E-state index contributed by atoms with van der Waals surface area (Å²) in [6.07, 6.45) is 0.767. The zero-order chi connectivity index (χ0) is 15.4. The summed E-state index contributed by atoms with van der Waals surface area (Å²) in [7, 11) is 0. The van der Waals surface area contributed by atoms with Crippen LogP contribution in [0, 0.1) is 10.1 Å². The normalized spacial score (nSPS) is 23.2. The largest absolute Gasteiger partial charge is 0.374 e. The van der Waals surface area contributed by atoms with Crippen molar-refractivity contribution in [1.82, 2.24) is 4.90 Å². The van der Waals surface area contributed by atoms with E-state index in [1.165, 1.54) is 0 Å². The van der Waals surface area contributed by atoms with Gasteiger partial charge in [-0.1, -0.05) is 22.9 Å². The van der Waals surface area contributed by atoms with Crippen molar-refractivity contribution in [3.05, 3.63) is 38.3 Å². The molecule has 1 aromatic rings. The number of nitro benzene ring substituents is 1. The Hall–Kier alpha value is -1.02. The highest BCUT2D eigenvalue weighted by atomic mass is 79.9. The number of rotatable bonds is 5. The lowest BCUT2D eigenvalue weighted by atomic mass is 9.96. The Bertz CT molecular complexity index is 510. The molecule has 1 aromatic carbocycles. The monoisotopic (exact) mass is 357 g/mol. The summed E-state index contributed by atoms with van der Waals surface area (Å²) in [6.45, 7) is 4.70. The van der Waals surface area contributed by atoms with Crippen LogP contribution < -0.4 is 5.73 Å². The Morgan fingerprint density at radius 1 is 1.57 bits per heavy atom. The molecule has 1 aliphatic rings. The maximum absolute atomic E-state index is 11.4. The highest BCUT2D eigenvalue weighted by molar-refractivity contribution is 9.10. The van der Waals surface area contributed by atoms with E-state index in [0.717, 1.165) is 19.5 Å². The number of ether oxygens (including phenoxy) is 1. The highest BCUT2D eigenvalue weighted by Crippen LogP contribution is 2.36. The summed E-state index contributed by atoms with van der Waals surface area (Å²) >= 11 is 3.29. The molecule has 1 aliphatic heterocycles. The third kappa shape index (κ3) is 3.60. The Morgan fingerprint density at radius 3 is 2.95 bits per heavy atom. The first-order valence-electron chi connectivity index (χ1n) is 7.08. The molecule has 0 amide bonds. The first-order chi connectivity index (χ1) is 10.1. The zero-order valence-electron chi connectivity index (χ0n) is 12.0. The van der Waals surface area contributed by atoms with Gasteiger partial charge in [0, 0.05) is 29.2 Å². The molecule has 6 nitrogen and oxygen atoms in total. The van der Waals surface area contributed by atoms with Crippen molar-refractivity contribution in [3.8, 4) is 0 Å². The Kier molecular flexibility index (Phi) is 5.69. The molecule has 1 fully saturated rings. The van der Waals surface area contributed by atoms with Gasteiger partial charge in [-0.15, -0.1) is 0 Å². The van der Waals surface area contributed by atoms with Crippen molar-refractivity contribution in [2.45, 2.75) is 25.5 Å². The number of hydrogen-bond donors (Lipinski definition) is 1. The molecule has 0 radical (unpaired) electrons. The van der Waals surface area contributed by atoms with Gasteiger partial charge in [0.1, 0.15) is 0 Å². The van der Waals surface area contributed by atoms with Crippen LogP contribution in [-0.4, -0.2) is 42.2 Å². The number of halogens is 1. The number of benzene rings is 1. The summed E-state index contributed by atoms with van der Waals surface area (Å²) in [4.78, 5) is 13.3. The second-order valence-electron chi connectivity index (χ2n) is 5.09. The molecular formula is C14H20BrN3O3. The van der Waals surface area contributed by atoms with Gasteiger partial charge in [0.15, 0.2) is 0 Å². The lowest BCUT2D eigenvalue weighted by Crippen LogP contribution is -2.48. The third-order valence-corrected chi connectivity index (χ3v) is 4.20. The fourth-order valence-electron chi connectivity index (χ4n) is 2.84. The Morgan fingerprint density at radius 2 is 2.33 bits per heavy atom. The van der Waals surface area contributed by atoms with Gasteiger partial charge >= 0.3 is 0 Å². The van der Waals surface area contributed by atoms with Crippen LogP contribution in [0.3, 0.4) is 0 Å². The molecule has 21 heavy (non-hydrogen) atoms. The van der Waals surface area contributed by atoms with Crippen molar-refractivity contribution in [2.75, 3.05) is 26.2 Å². The van der Waals surface area contributed by atoms with Crippen molar-refractivity contribution in [2.24, 2.45) is 5.73 Å². The van der Waals surface area contributed by atoms with Gasteiger partial charge in [-0.3, -0.25) is 15.0 Å². The molecule has 7 heteroatoms. The molecule has 2 unspecified atom stereocenters. The number of nitro groups is 1. The third-order valence-electron chi connectivity index (χ3n) is 3.71. The van der Waals surface area contributed by atoms with E-state index in [-0.39, 0.29) is 22.8 Å². The smallest absolute Gasteiger partial charge is 0.275 e. The SMILES string of the molecule is CCCN1CCOC(CN)C1c1ccc(Br)cc1[N+](=O)[O-]. The molecule has 2 rings (SSSR count). The fraction of sp³-hybridized carbons (Fsp3) is 0.571. The van der Waals surface area contributed by atoms with Crippen molar-refractivity contribution >= 4 is 21.6 Å². The van der Waals surface area contributed by atoms with Gasteiger partial charge in [0.25, 0.3) is 5.69 Å². The average molecular weight is 358 g/mol. The molecule has 1 saturated heterocycles. The van der Waals surface area contributed by atoms with Crippen LogP contribution >= 0.6 is 15.9 Å². The molecule has 0 aromatic heterocycles. The van der Waals surface area contributed by atoms with Gasteiger partial charge in [-0.05, 0) is 25.1 Å². The van der Waals surface area contributed by atoms with Crippen LogP contribution in [0.25, 0.3) is 0 Å². The summed E-state index contributed by atoms with van der Waals surface area (Å²) in [6, 6.07) is 5.00. The van der Waals surface area contributed by atoms with E-state index in [0.29, 0.717) is 23.2 Å². The lowest BCUT2D eigenvalue weighted by molar-refractivity contribution is -0.386. The van der Waals surface area contributed by atoms with E-state index in [9.17, 15) is 10.1 Å². The lowest BCUT2D eigenvalue weighted by Gasteiger charge is -2.40. The standard InChI is InChI=1S/C14H20BrN3O3/c1-2-5-17-6-7-21-13(9-16)14(17)11-4-3-10(15)8-12(11)18(19)20/h3-4,8,13-14H,2,5-7,9,16H2,1H3. The molecule has 2 atom stereocenters. The highest BCUT2D eigenvalue weighted by Gasteiger charge is 2.36. The van der Waals surface area contributed by atoms with Crippen LogP contribution in [0.4, 0.5) is 5.69 Å². The van der Waals surface area contributed by atoms with Crippen molar-refractivity contribution in [1.29, 1.82) is 0 Å².